The van der Waals surface area contributed by atoms with E-state index in [1.165, 1.54) is 30.4 Å². The van der Waals surface area contributed by atoms with Crippen molar-refractivity contribution in [2.24, 2.45) is 23.2 Å². The monoisotopic (exact) mass is 470 g/mol. The van der Waals surface area contributed by atoms with E-state index < -0.39 is 0 Å². The van der Waals surface area contributed by atoms with E-state index in [0.717, 1.165) is 25.0 Å². The highest BCUT2D eigenvalue weighted by Crippen LogP contribution is 2.59. The SMILES string of the molecule is COc1cccc(OC)c1C(=O)Nc1nc2c(s1)CC1(C)CCC3C(C)C(=O)OC3C1C2C. The molecule has 1 aromatic heterocycles. The number of nitrogens with one attached hydrogen (secondary N) is 1. The number of hydrogen-bond donors (Lipinski definition) is 1. The van der Waals surface area contributed by atoms with Gasteiger partial charge in [0.05, 0.1) is 25.8 Å². The fourth-order valence-electron chi connectivity index (χ4n) is 6.37. The molecular weight excluding hydrogens is 440 g/mol. The minimum atomic E-state index is -0.315. The number of thiazole rings is 1. The molecule has 2 aromatic rings. The maximum Gasteiger partial charge on any atom is 0.309 e. The number of fused-ring (bicyclic) bond motifs is 4. The Labute approximate surface area is 197 Å². The Kier molecular flexibility index (Phi) is 5.39. The van der Waals surface area contributed by atoms with Gasteiger partial charge in [0.15, 0.2) is 5.13 Å². The molecule has 176 valence electrons. The number of benzene rings is 1. The number of rotatable bonds is 4. The summed E-state index contributed by atoms with van der Waals surface area (Å²) in [4.78, 5) is 31.5. The number of hydrogen-bond acceptors (Lipinski definition) is 7. The van der Waals surface area contributed by atoms with E-state index >= 15 is 0 Å². The number of carbonyl (C=O) groups is 2. The van der Waals surface area contributed by atoms with Gasteiger partial charge in [0.1, 0.15) is 23.2 Å². The van der Waals surface area contributed by atoms with Gasteiger partial charge in [0.2, 0.25) is 0 Å². The normalized spacial score (nSPS) is 32.3. The summed E-state index contributed by atoms with van der Waals surface area (Å²) in [7, 11) is 3.06. The first kappa shape index (κ1) is 22.2. The number of anilines is 1. The fraction of sp³-hybridized carbons (Fsp3) is 0.560. The van der Waals surface area contributed by atoms with Crippen molar-refractivity contribution in [3.8, 4) is 11.5 Å². The van der Waals surface area contributed by atoms with Gasteiger partial charge in [-0.05, 0) is 36.8 Å². The molecule has 1 saturated heterocycles. The Balaban J connectivity index is 1.44. The van der Waals surface area contributed by atoms with Crippen LogP contribution in [0.4, 0.5) is 5.13 Å². The van der Waals surface area contributed by atoms with Crippen LogP contribution >= 0.6 is 11.3 Å². The summed E-state index contributed by atoms with van der Waals surface area (Å²) in [6.45, 7) is 6.51. The number of carbonyl (C=O) groups excluding carboxylic acids is 2. The van der Waals surface area contributed by atoms with E-state index in [2.05, 4.69) is 19.2 Å². The van der Waals surface area contributed by atoms with Gasteiger partial charge in [-0.2, -0.15) is 0 Å². The zero-order valence-corrected chi connectivity index (χ0v) is 20.5. The lowest BCUT2D eigenvalue weighted by Gasteiger charge is -2.51. The summed E-state index contributed by atoms with van der Waals surface area (Å²) in [5.74, 6) is 1.15. The van der Waals surface area contributed by atoms with Gasteiger partial charge in [-0.15, -0.1) is 11.3 Å². The van der Waals surface area contributed by atoms with Crippen LogP contribution in [0.5, 0.6) is 11.5 Å². The van der Waals surface area contributed by atoms with Crippen molar-refractivity contribution in [3.05, 3.63) is 34.3 Å². The molecule has 1 amide bonds. The second-order valence-electron chi connectivity index (χ2n) is 9.86. The van der Waals surface area contributed by atoms with Crippen molar-refractivity contribution in [1.82, 2.24) is 4.98 Å². The smallest absolute Gasteiger partial charge is 0.309 e. The molecule has 0 spiro atoms. The first-order valence-corrected chi connectivity index (χ1v) is 12.3. The van der Waals surface area contributed by atoms with Crippen LogP contribution in [0.25, 0.3) is 0 Å². The van der Waals surface area contributed by atoms with Crippen molar-refractivity contribution in [3.63, 3.8) is 0 Å². The number of amides is 1. The lowest BCUT2D eigenvalue weighted by molar-refractivity contribution is -0.149. The summed E-state index contributed by atoms with van der Waals surface area (Å²) in [5.41, 5.74) is 1.41. The van der Waals surface area contributed by atoms with E-state index in [-0.39, 0.29) is 47.1 Å². The molecule has 2 heterocycles. The van der Waals surface area contributed by atoms with Crippen LogP contribution in [0, 0.1) is 23.2 Å². The number of ether oxygens (including phenoxy) is 3. The maximum absolute atomic E-state index is 13.1. The van der Waals surface area contributed by atoms with Crippen molar-refractivity contribution in [1.29, 1.82) is 0 Å². The van der Waals surface area contributed by atoms with Gasteiger partial charge >= 0.3 is 5.97 Å². The third kappa shape index (κ3) is 3.41. The Morgan fingerprint density at radius 2 is 1.91 bits per heavy atom. The topological polar surface area (TPSA) is 86.8 Å². The Bertz CT molecular complexity index is 1090. The highest BCUT2D eigenvalue weighted by molar-refractivity contribution is 7.16. The van der Waals surface area contributed by atoms with Crippen LogP contribution in [0.15, 0.2) is 18.2 Å². The summed E-state index contributed by atoms with van der Waals surface area (Å²) in [6.07, 6.45) is 2.93. The molecule has 1 saturated carbocycles. The fourth-order valence-corrected chi connectivity index (χ4v) is 7.63. The van der Waals surface area contributed by atoms with Gasteiger partial charge in [-0.1, -0.05) is 26.8 Å². The average molecular weight is 471 g/mol. The highest BCUT2D eigenvalue weighted by Gasteiger charge is 2.58. The quantitative estimate of drug-likeness (QED) is 0.654. The van der Waals surface area contributed by atoms with Gasteiger partial charge in [0, 0.05) is 22.6 Å². The van der Waals surface area contributed by atoms with Gasteiger partial charge < -0.3 is 14.2 Å². The second-order valence-corrected chi connectivity index (χ2v) is 10.9. The molecule has 2 aliphatic carbocycles. The third-order valence-electron chi connectivity index (χ3n) is 8.03. The standard InChI is InChI=1S/C25H30N2O5S/c1-12-14-9-10-25(3)11-17-20(13(2)19(25)21(14)32-23(12)29)26-24(33-17)27-22(28)18-15(30-4)7-6-8-16(18)31-5/h6-8,12-14,19,21H,9-11H2,1-5H3,(H,26,27,28). The molecular formula is C25H30N2O5S. The number of methoxy groups -OCH3 is 2. The number of nitrogens with zero attached hydrogens (tertiary/aromatic N) is 1. The third-order valence-corrected chi connectivity index (χ3v) is 9.02. The molecule has 8 heteroatoms. The molecule has 0 radical (unpaired) electrons. The molecule has 3 aliphatic rings. The van der Waals surface area contributed by atoms with Crippen molar-refractivity contribution in [2.45, 2.75) is 52.1 Å². The van der Waals surface area contributed by atoms with Gasteiger partial charge in [-0.25, -0.2) is 4.98 Å². The zero-order valence-electron chi connectivity index (χ0n) is 19.6. The predicted octanol–water partition coefficient (Wildman–Crippen LogP) is 4.67. The first-order chi connectivity index (χ1) is 15.8. The number of aromatic nitrogens is 1. The van der Waals surface area contributed by atoms with Crippen LogP contribution in [-0.2, 0) is 16.0 Å². The van der Waals surface area contributed by atoms with E-state index in [1.54, 1.807) is 18.2 Å². The Hall–Kier alpha value is -2.61. The highest BCUT2D eigenvalue weighted by atomic mass is 32.1. The lowest BCUT2D eigenvalue weighted by Crippen LogP contribution is -2.50. The molecule has 5 rings (SSSR count). The summed E-state index contributed by atoms with van der Waals surface area (Å²) in [5, 5.41) is 3.53. The van der Waals surface area contributed by atoms with Crippen molar-refractivity contribution in [2.75, 3.05) is 19.5 Å². The molecule has 7 nitrogen and oxygen atoms in total. The summed E-state index contributed by atoms with van der Waals surface area (Å²) >= 11 is 1.54. The van der Waals surface area contributed by atoms with Crippen molar-refractivity contribution >= 4 is 28.3 Å². The molecule has 0 bridgehead atoms. The molecule has 6 unspecified atom stereocenters. The molecule has 2 fully saturated rings. The Morgan fingerprint density at radius 3 is 2.58 bits per heavy atom. The lowest BCUT2D eigenvalue weighted by atomic mass is 9.54. The zero-order chi connectivity index (χ0) is 23.5. The van der Waals surface area contributed by atoms with Crippen molar-refractivity contribution < 1.29 is 23.8 Å². The van der Waals surface area contributed by atoms with Crippen LogP contribution in [0.3, 0.4) is 0 Å². The van der Waals surface area contributed by atoms with Crippen LogP contribution < -0.4 is 14.8 Å². The molecule has 1 aromatic carbocycles. The number of esters is 1. The minimum absolute atomic E-state index is 0.0331. The van der Waals surface area contributed by atoms with Crippen LogP contribution in [0.2, 0.25) is 0 Å². The summed E-state index contributed by atoms with van der Waals surface area (Å²) in [6, 6.07) is 5.25. The average Bonchev–Trinajstić information content (AvgIpc) is 3.32. The van der Waals surface area contributed by atoms with Crippen LogP contribution in [0.1, 0.15) is 60.5 Å². The van der Waals surface area contributed by atoms with E-state index in [4.69, 9.17) is 19.2 Å². The van der Waals surface area contributed by atoms with E-state index in [9.17, 15) is 9.59 Å². The largest absolute Gasteiger partial charge is 0.496 e. The molecule has 1 N–H and O–H groups in total. The maximum atomic E-state index is 13.1. The van der Waals surface area contributed by atoms with E-state index in [1.807, 2.05) is 6.92 Å². The van der Waals surface area contributed by atoms with Gasteiger partial charge in [-0.3, -0.25) is 14.9 Å². The van der Waals surface area contributed by atoms with Crippen LogP contribution in [-0.4, -0.2) is 37.2 Å². The molecule has 33 heavy (non-hydrogen) atoms. The minimum Gasteiger partial charge on any atom is -0.496 e. The molecule has 1 aliphatic heterocycles. The summed E-state index contributed by atoms with van der Waals surface area (Å²) < 4.78 is 16.7. The second kappa shape index (κ2) is 8.01. The Morgan fingerprint density at radius 1 is 1.21 bits per heavy atom. The predicted molar refractivity (Wildman–Crippen MR) is 125 cm³/mol. The van der Waals surface area contributed by atoms with E-state index in [0.29, 0.717) is 22.2 Å². The molecule has 6 atom stereocenters. The van der Waals surface area contributed by atoms with Gasteiger partial charge in [0.25, 0.3) is 5.91 Å². The first-order valence-electron chi connectivity index (χ1n) is 11.5.